The van der Waals surface area contributed by atoms with Gasteiger partial charge in [0.15, 0.2) is 0 Å². The SMILES string of the molecule is CCC[C@@H](NC(=O)c1cc2c([nH]c1=O)CCC(C(C)(C)C)C2)C(F)(F)F. The Hall–Kier alpha value is -1.79. The summed E-state index contributed by atoms with van der Waals surface area (Å²) >= 11 is 0. The molecule has 4 nitrogen and oxygen atoms in total. The molecule has 0 aromatic carbocycles. The minimum Gasteiger partial charge on any atom is -0.340 e. The normalized spacial score (nSPS) is 19.0. The van der Waals surface area contributed by atoms with Crippen LogP contribution >= 0.6 is 0 Å². The van der Waals surface area contributed by atoms with Crippen LogP contribution in [0.3, 0.4) is 0 Å². The van der Waals surface area contributed by atoms with Crippen LogP contribution in [0.2, 0.25) is 0 Å². The summed E-state index contributed by atoms with van der Waals surface area (Å²) in [6.45, 7) is 8.03. The first kappa shape index (κ1) is 20.5. The highest BCUT2D eigenvalue weighted by atomic mass is 19.4. The van der Waals surface area contributed by atoms with E-state index in [-0.39, 0.29) is 23.8 Å². The molecule has 2 rings (SSSR count). The fraction of sp³-hybridized carbons (Fsp3) is 0.684. The van der Waals surface area contributed by atoms with Gasteiger partial charge in [0.2, 0.25) is 0 Å². The summed E-state index contributed by atoms with van der Waals surface area (Å²) < 4.78 is 39.1. The van der Waals surface area contributed by atoms with Crippen molar-refractivity contribution >= 4 is 5.91 Å². The van der Waals surface area contributed by atoms with Crippen LogP contribution in [0, 0.1) is 11.3 Å². The molecule has 0 saturated heterocycles. The lowest BCUT2D eigenvalue weighted by molar-refractivity contribution is -0.154. The van der Waals surface area contributed by atoms with Crippen molar-refractivity contribution in [2.24, 2.45) is 11.3 Å². The van der Waals surface area contributed by atoms with E-state index in [1.54, 1.807) is 6.92 Å². The maximum Gasteiger partial charge on any atom is 0.408 e. The summed E-state index contributed by atoms with van der Waals surface area (Å²) in [5, 5.41) is 1.98. The highest BCUT2D eigenvalue weighted by Crippen LogP contribution is 2.36. The number of aromatic nitrogens is 1. The second-order valence-corrected chi connectivity index (χ2v) is 8.18. The largest absolute Gasteiger partial charge is 0.408 e. The number of hydrogen-bond donors (Lipinski definition) is 2. The van der Waals surface area contributed by atoms with Gasteiger partial charge in [-0.15, -0.1) is 0 Å². The number of aromatic amines is 1. The molecule has 1 aliphatic carbocycles. The van der Waals surface area contributed by atoms with E-state index in [2.05, 4.69) is 25.8 Å². The smallest absolute Gasteiger partial charge is 0.340 e. The molecule has 26 heavy (non-hydrogen) atoms. The molecule has 0 fully saturated rings. The monoisotopic (exact) mass is 372 g/mol. The zero-order valence-corrected chi connectivity index (χ0v) is 15.7. The number of halogens is 3. The van der Waals surface area contributed by atoms with E-state index in [9.17, 15) is 22.8 Å². The van der Waals surface area contributed by atoms with Crippen LogP contribution in [-0.4, -0.2) is 23.1 Å². The van der Waals surface area contributed by atoms with Gasteiger partial charge in [0.05, 0.1) is 0 Å². The van der Waals surface area contributed by atoms with Crippen molar-refractivity contribution in [1.29, 1.82) is 0 Å². The van der Waals surface area contributed by atoms with Crippen LogP contribution in [-0.2, 0) is 12.8 Å². The fourth-order valence-corrected chi connectivity index (χ4v) is 3.45. The number of carbonyl (C=O) groups excluding carboxylic acids is 1. The number of hydrogen-bond acceptors (Lipinski definition) is 2. The Bertz CT molecular complexity index is 717. The first-order valence-electron chi connectivity index (χ1n) is 9.06. The van der Waals surface area contributed by atoms with Crippen molar-refractivity contribution in [2.75, 3.05) is 0 Å². The lowest BCUT2D eigenvalue weighted by Crippen LogP contribution is -2.46. The number of aryl methyl sites for hydroxylation is 1. The van der Waals surface area contributed by atoms with Crippen molar-refractivity contribution in [2.45, 2.75) is 72.0 Å². The van der Waals surface area contributed by atoms with Crippen LogP contribution in [0.25, 0.3) is 0 Å². The quantitative estimate of drug-likeness (QED) is 0.840. The number of rotatable bonds is 4. The zero-order valence-electron chi connectivity index (χ0n) is 15.7. The van der Waals surface area contributed by atoms with E-state index in [0.717, 1.165) is 17.7 Å². The Kier molecular flexibility index (Phi) is 5.88. The predicted octanol–water partition coefficient (Wildman–Crippen LogP) is 3.99. The number of carbonyl (C=O) groups is 1. The van der Waals surface area contributed by atoms with E-state index in [4.69, 9.17) is 0 Å². The number of amides is 1. The Morgan fingerprint density at radius 2 is 2.00 bits per heavy atom. The maximum absolute atomic E-state index is 13.0. The van der Waals surface area contributed by atoms with Gasteiger partial charge in [-0.3, -0.25) is 9.59 Å². The van der Waals surface area contributed by atoms with Crippen molar-refractivity contribution < 1.29 is 18.0 Å². The molecular formula is C19H27F3N2O2. The van der Waals surface area contributed by atoms with Gasteiger partial charge in [-0.1, -0.05) is 34.1 Å². The standard InChI is InChI=1S/C19H27F3N2O2/c1-5-6-15(19(20,21)22)24-17(26)13-10-11-9-12(18(2,3)4)7-8-14(11)23-16(13)25/h10,12,15H,5-9H2,1-4H3,(H,23,25)(H,24,26)/t12?,15-/m1/s1. The van der Waals surface area contributed by atoms with E-state index in [1.807, 2.05) is 5.32 Å². The molecule has 1 unspecified atom stereocenters. The van der Waals surface area contributed by atoms with Crippen molar-refractivity contribution in [3.8, 4) is 0 Å². The Morgan fingerprint density at radius 1 is 1.35 bits per heavy atom. The summed E-state index contributed by atoms with van der Waals surface area (Å²) in [6.07, 6.45) is -2.14. The highest BCUT2D eigenvalue weighted by Gasteiger charge is 2.40. The first-order chi connectivity index (χ1) is 11.9. The van der Waals surface area contributed by atoms with Gasteiger partial charge in [0.25, 0.3) is 11.5 Å². The summed E-state index contributed by atoms with van der Waals surface area (Å²) in [5.41, 5.74) is 0.836. The molecule has 0 spiro atoms. The number of H-pyrrole nitrogens is 1. The zero-order chi connectivity index (χ0) is 19.7. The van der Waals surface area contributed by atoms with E-state index < -0.39 is 23.7 Å². The average Bonchev–Trinajstić information content (AvgIpc) is 2.51. The van der Waals surface area contributed by atoms with Crippen LogP contribution < -0.4 is 10.9 Å². The van der Waals surface area contributed by atoms with Crippen molar-refractivity contribution in [3.05, 3.63) is 33.2 Å². The summed E-state index contributed by atoms with van der Waals surface area (Å²) in [5.74, 6) is -0.581. The van der Waals surface area contributed by atoms with Crippen molar-refractivity contribution in [1.82, 2.24) is 10.3 Å². The molecule has 0 bridgehead atoms. The van der Waals surface area contributed by atoms with Gasteiger partial charge >= 0.3 is 6.18 Å². The van der Waals surface area contributed by atoms with Crippen LogP contribution in [0.1, 0.15) is 68.6 Å². The van der Waals surface area contributed by atoms with Crippen LogP contribution in [0.15, 0.2) is 10.9 Å². The molecule has 0 radical (unpaired) electrons. The van der Waals surface area contributed by atoms with Gasteiger partial charge in [0.1, 0.15) is 11.6 Å². The molecule has 2 N–H and O–H groups in total. The first-order valence-corrected chi connectivity index (χ1v) is 9.06. The summed E-state index contributed by atoms with van der Waals surface area (Å²) in [6, 6.07) is -0.474. The molecule has 0 saturated carbocycles. The Balaban J connectivity index is 2.28. The lowest BCUT2D eigenvalue weighted by atomic mass is 9.71. The van der Waals surface area contributed by atoms with Crippen LogP contribution in [0.4, 0.5) is 13.2 Å². The van der Waals surface area contributed by atoms with Gasteiger partial charge in [-0.05, 0) is 48.6 Å². The van der Waals surface area contributed by atoms with Gasteiger partial charge in [-0.25, -0.2) is 0 Å². The molecule has 1 amide bonds. The van der Waals surface area contributed by atoms with Gasteiger partial charge < -0.3 is 10.3 Å². The molecule has 1 heterocycles. The van der Waals surface area contributed by atoms with Gasteiger partial charge in [0, 0.05) is 5.69 Å². The highest BCUT2D eigenvalue weighted by molar-refractivity contribution is 5.94. The van der Waals surface area contributed by atoms with E-state index in [1.165, 1.54) is 6.07 Å². The number of fused-ring (bicyclic) bond motifs is 1. The molecule has 146 valence electrons. The van der Waals surface area contributed by atoms with Crippen molar-refractivity contribution in [3.63, 3.8) is 0 Å². The minimum atomic E-state index is -4.54. The van der Waals surface area contributed by atoms with E-state index in [0.29, 0.717) is 18.8 Å². The summed E-state index contributed by atoms with van der Waals surface area (Å²) in [4.78, 5) is 27.2. The average molecular weight is 372 g/mol. The molecule has 2 atom stereocenters. The molecule has 1 aliphatic rings. The molecular weight excluding hydrogens is 345 g/mol. The Labute approximate surface area is 151 Å². The lowest BCUT2D eigenvalue weighted by Gasteiger charge is -2.34. The third kappa shape index (κ3) is 4.68. The number of pyridine rings is 1. The Morgan fingerprint density at radius 3 is 2.54 bits per heavy atom. The molecule has 1 aromatic heterocycles. The summed E-state index contributed by atoms with van der Waals surface area (Å²) in [7, 11) is 0. The maximum atomic E-state index is 13.0. The van der Waals surface area contributed by atoms with Crippen LogP contribution in [0.5, 0.6) is 0 Å². The second-order valence-electron chi connectivity index (χ2n) is 8.18. The topological polar surface area (TPSA) is 62.0 Å². The number of nitrogens with one attached hydrogen (secondary N) is 2. The minimum absolute atomic E-state index is 0.0821. The fourth-order valence-electron chi connectivity index (χ4n) is 3.45. The van der Waals surface area contributed by atoms with E-state index >= 15 is 0 Å². The number of alkyl halides is 3. The second kappa shape index (κ2) is 7.45. The molecule has 1 aromatic rings. The third-order valence-corrected chi connectivity index (χ3v) is 5.17. The molecule has 0 aliphatic heterocycles. The van der Waals surface area contributed by atoms with Gasteiger partial charge in [-0.2, -0.15) is 13.2 Å². The predicted molar refractivity (Wildman–Crippen MR) is 94.2 cm³/mol. The molecule has 7 heteroatoms. The third-order valence-electron chi connectivity index (χ3n) is 5.17.